The number of hydrogen-bond acceptors (Lipinski definition) is 2. The molecular weight excluding hydrogens is 845 g/mol. The monoisotopic (exact) mass is 947 g/mol. The van der Waals surface area contributed by atoms with Gasteiger partial charge in [0.1, 0.15) is 10.9 Å². The van der Waals surface area contributed by atoms with Crippen molar-refractivity contribution >= 4 is 16.9 Å². The number of aliphatic carboxylic acids is 1. The van der Waals surface area contributed by atoms with Crippen LogP contribution >= 0.6 is 0 Å². The third-order valence-corrected chi connectivity index (χ3v) is 18.3. The van der Waals surface area contributed by atoms with Gasteiger partial charge in [-0.05, 0) is 158 Å². The molecule has 0 saturated heterocycles. The van der Waals surface area contributed by atoms with E-state index in [-0.39, 0.29) is 48.7 Å². The Bertz CT molecular complexity index is 1980. The van der Waals surface area contributed by atoms with Gasteiger partial charge in [-0.15, -0.1) is 0 Å². The summed E-state index contributed by atoms with van der Waals surface area (Å²) in [7, 11) is -0.468. The van der Waals surface area contributed by atoms with E-state index in [4.69, 9.17) is 0 Å². The first-order valence-corrected chi connectivity index (χ1v) is 27.9. The molecule has 3 aromatic carbocycles. The van der Waals surface area contributed by atoms with E-state index in [1.807, 2.05) is 0 Å². The lowest BCUT2D eigenvalue weighted by molar-refractivity contribution is -0.327. The quantitative estimate of drug-likeness (QED) is 0.245. The number of hydrogen-bond donors (Lipinski definition) is 0. The van der Waals surface area contributed by atoms with Crippen molar-refractivity contribution in [1.29, 1.82) is 0 Å². The van der Waals surface area contributed by atoms with Crippen LogP contribution < -0.4 is 5.11 Å². The summed E-state index contributed by atoms with van der Waals surface area (Å²) in [6.45, 7) is 65.8. The Kier molecular flexibility index (Phi) is 14.8. The maximum atomic E-state index is 11.1. The predicted octanol–water partition coefficient (Wildman–Crippen LogP) is 17.4. The summed E-state index contributed by atoms with van der Waals surface area (Å²) in [5.74, 6) is 1.38. The Morgan fingerprint density at radius 2 is 0.544 bits per heavy atom. The molecule has 3 heteroatoms. The smallest absolute Gasteiger partial charge is 0.174 e. The molecule has 0 radical (unpaired) electrons. The van der Waals surface area contributed by atoms with Crippen LogP contribution in [0.25, 0.3) is 0 Å². The molecule has 0 heterocycles. The normalized spacial score (nSPS) is 21.9. The van der Waals surface area contributed by atoms with Crippen molar-refractivity contribution in [3.63, 3.8) is 0 Å². The summed E-state index contributed by atoms with van der Waals surface area (Å²) < 4.78 is 0. The van der Waals surface area contributed by atoms with Crippen LogP contribution in [0.5, 0.6) is 0 Å². The van der Waals surface area contributed by atoms with E-state index in [9.17, 15) is 9.90 Å². The van der Waals surface area contributed by atoms with Crippen LogP contribution in [0.3, 0.4) is 0 Å². The Labute approximate surface area is 423 Å². The summed E-state index contributed by atoms with van der Waals surface area (Å²) in [5, 5.41) is 11.1. The zero-order chi connectivity index (χ0) is 52.3. The van der Waals surface area contributed by atoms with E-state index >= 15 is 0 Å². The molecule has 0 amide bonds. The molecule has 2 nitrogen and oxygen atoms in total. The minimum Gasteiger partial charge on any atom is -0.550 e. The Morgan fingerprint density at radius 3 is 0.676 bits per heavy atom. The Morgan fingerprint density at radius 1 is 0.368 bits per heavy atom. The van der Waals surface area contributed by atoms with Gasteiger partial charge in [-0.1, -0.05) is 187 Å². The van der Waals surface area contributed by atoms with Gasteiger partial charge in [-0.25, -0.2) is 0 Å². The number of carbonyl (C=O) groups is 1. The Hall–Kier alpha value is -2.52. The minimum absolute atomic E-state index is 0.0140. The van der Waals surface area contributed by atoms with Crippen molar-refractivity contribution in [2.24, 2.45) is 23.2 Å². The van der Waals surface area contributed by atoms with E-state index in [0.717, 1.165) is 19.3 Å². The molecule has 68 heavy (non-hydrogen) atoms. The molecular formula is C65H102O2S. The molecule has 4 saturated carbocycles. The first-order valence-electron chi connectivity index (χ1n) is 26.7. The van der Waals surface area contributed by atoms with Gasteiger partial charge in [0.25, 0.3) is 0 Å². The second-order valence-corrected chi connectivity index (χ2v) is 33.6. The van der Waals surface area contributed by atoms with Crippen molar-refractivity contribution in [2.45, 2.75) is 289 Å². The van der Waals surface area contributed by atoms with Crippen molar-refractivity contribution < 1.29 is 9.90 Å². The van der Waals surface area contributed by atoms with Crippen LogP contribution in [0.4, 0.5) is 0 Å². The van der Waals surface area contributed by atoms with E-state index in [0.29, 0.717) is 17.8 Å². The lowest BCUT2D eigenvalue weighted by Gasteiger charge is -2.57. The first kappa shape index (κ1) is 56.4. The lowest BCUT2D eigenvalue weighted by Crippen LogP contribution is -2.54. The fraction of sp³-hybridized carbons (Fsp3) is 0.708. The van der Waals surface area contributed by atoms with E-state index in [1.54, 1.807) is 14.7 Å². The number of carboxylic acid groups (broad SMARTS) is 1. The third-order valence-electron chi connectivity index (χ3n) is 15.8. The van der Waals surface area contributed by atoms with Gasteiger partial charge in [0.15, 0.2) is 14.7 Å². The van der Waals surface area contributed by atoms with Gasteiger partial charge >= 0.3 is 0 Å². The molecule has 4 bridgehead atoms. The fourth-order valence-electron chi connectivity index (χ4n) is 11.9. The molecule has 4 aliphatic rings. The van der Waals surface area contributed by atoms with Gasteiger partial charge in [0.2, 0.25) is 0 Å². The maximum Gasteiger partial charge on any atom is 0.174 e. The van der Waals surface area contributed by atoms with E-state index < -0.39 is 22.3 Å². The first-order chi connectivity index (χ1) is 30.2. The molecule has 0 atom stereocenters. The maximum absolute atomic E-state index is 11.1. The average molecular weight is 948 g/mol. The second-order valence-electron chi connectivity index (χ2n) is 31.7. The van der Waals surface area contributed by atoms with Crippen molar-refractivity contribution in [3.8, 4) is 0 Å². The topological polar surface area (TPSA) is 40.1 Å². The zero-order valence-electron chi connectivity index (χ0n) is 49.2. The van der Waals surface area contributed by atoms with Crippen LogP contribution in [0.2, 0.25) is 0 Å². The predicted molar refractivity (Wildman–Crippen MR) is 295 cm³/mol. The highest BCUT2D eigenvalue weighted by Gasteiger charge is 2.53. The summed E-state index contributed by atoms with van der Waals surface area (Å²) in [4.78, 5) is 15.8. The van der Waals surface area contributed by atoms with Crippen molar-refractivity contribution in [2.75, 3.05) is 0 Å². The molecule has 3 aromatic rings. The average Bonchev–Trinajstić information content (AvgIpc) is 3.10. The van der Waals surface area contributed by atoms with Crippen LogP contribution in [0, 0.1) is 23.2 Å². The second kappa shape index (κ2) is 17.9. The van der Waals surface area contributed by atoms with Crippen LogP contribution in [-0.2, 0) is 64.4 Å². The molecule has 0 unspecified atom stereocenters. The summed E-state index contributed by atoms with van der Waals surface area (Å²) in [6.07, 6.45) is 6.65. The molecule has 380 valence electrons. The van der Waals surface area contributed by atoms with E-state index in [2.05, 4.69) is 223 Å². The highest BCUT2D eigenvalue weighted by atomic mass is 32.2. The molecule has 0 aliphatic heterocycles. The van der Waals surface area contributed by atoms with Gasteiger partial charge in [-0.3, -0.25) is 0 Å². The molecule has 7 rings (SSSR count). The molecule has 4 fully saturated rings. The molecule has 4 aliphatic carbocycles. The Balaban J connectivity index is 0.000000559. The van der Waals surface area contributed by atoms with E-state index in [1.165, 1.54) is 69.3 Å². The van der Waals surface area contributed by atoms with Crippen LogP contribution in [0.1, 0.15) is 276 Å². The molecule has 0 spiro atoms. The number of carbonyl (C=O) groups excluding carboxylic acids is 1. The molecule has 0 aromatic heterocycles. The molecule has 0 N–H and O–H groups in total. The standard InChI is InChI=1S/C54H87S.C11H16O2/c1-46(2,3)34-28-37(49(10,11)12)43(38(29-34)50(13,14)15)55(44-39(51(16,17)18)30-35(47(4,5)6)31-40(44)52(19,20)21)45-41(53(22,23)24)32-36(48(7,8)9)33-42(45)54(25,26)27;12-10(13)11-4-7-1-8(5-11)3-9(2-7)6-11/h28-33H,1-27H3;7-9H,1-6H2,(H,12,13)/q+1;/p-1. The van der Waals surface area contributed by atoms with Crippen molar-refractivity contribution in [3.05, 3.63) is 86.5 Å². The lowest BCUT2D eigenvalue weighted by atomic mass is 9.49. The number of rotatable bonds is 4. The zero-order valence-corrected chi connectivity index (χ0v) is 50.0. The largest absolute Gasteiger partial charge is 0.550 e. The highest BCUT2D eigenvalue weighted by molar-refractivity contribution is 7.97. The summed E-state index contributed by atoms with van der Waals surface area (Å²) in [5.41, 5.74) is 12.4. The van der Waals surface area contributed by atoms with Gasteiger partial charge in [-0.2, -0.15) is 0 Å². The fourth-order valence-corrected chi connectivity index (χ4v) is 16.0. The number of carboxylic acids is 1. The van der Waals surface area contributed by atoms with Gasteiger partial charge in [0, 0.05) is 44.8 Å². The minimum atomic E-state index is -0.758. The SMILES string of the molecule is CC(C)(C)c1cc(C(C)(C)C)c([S+](c2c(C(C)(C)C)cc(C(C)(C)C)cc2C(C)(C)C)c2c(C(C)(C)C)cc(C(C)(C)C)cc2C(C)(C)C)c(C(C)(C)C)c1.O=C([O-])C12CC3CC(CC(C3)C1)C2. The third kappa shape index (κ3) is 11.9. The van der Waals surface area contributed by atoms with Crippen LogP contribution in [0.15, 0.2) is 51.1 Å². The van der Waals surface area contributed by atoms with Gasteiger partial charge < -0.3 is 9.90 Å². The van der Waals surface area contributed by atoms with Gasteiger partial charge in [0.05, 0.1) is 0 Å². The van der Waals surface area contributed by atoms with Crippen molar-refractivity contribution in [1.82, 2.24) is 0 Å². The summed E-state index contributed by atoms with van der Waals surface area (Å²) >= 11 is 0. The van der Waals surface area contributed by atoms with Crippen LogP contribution in [-0.4, -0.2) is 5.97 Å². The highest BCUT2D eigenvalue weighted by Crippen LogP contribution is 2.60. The summed E-state index contributed by atoms with van der Waals surface area (Å²) in [6, 6.07) is 15.7. The number of benzene rings is 3.